The number of carbonyl (C=O) groups excluding carboxylic acids is 1. The van der Waals surface area contributed by atoms with Crippen molar-refractivity contribution < 1.29 is 14.3 Å². The maximum atomic E-state index is 11.5. The van der Waals surface area contributed by atoms with Gasteiger partial charge in [-0.05, 0) is 30.7 Å². The first-order valence-corrected chi connectivity index (χ1v) is 7.41. The molecule has 23 heavy (non-hydrogen) atoms. The summed E-state index contributed by atoms with van der Waals surface area (Å²) in [5.74, 6) is 1.93. The summed E-state index contributed by atoms with van der Waals surface area (Å²) in [5.41, 5.74) is 1.56. The summed E-state index contributed by atoms with van der Waals surface area (Å²) in [5, 5.41) is 5.98. The molecule has 1 heterocycles. The van der Waals surface area contributed by atoms with Gasteiger partial charge in [0.05, 0.1) is 31.8 Å². The van der Waals surface area contributed by atoms with Crippen molar-refractivity contribution in [3.8, 4) is 11.5 Å². The lowest BCUT2D eigenvalue weighted by molar-refractivity contribution is -0.116. The quantitative estimate of drug-likeness (QED) is 0.817. The largest absolute Gasteiger partial charge is 0.497 e. The number of aromatic nitrogens is 1. The number of pyridine rings is 1. The molecule has 0 aliphatic heterocycles. The molecule has 1 amide bonds. The van der Waals surface area contributed by atoms with Crippen LogP contribution in [0.3, 0.4) is 0 Å². The molecular formula is C17H21N3O3. The average Bonchev–Trinajstić information content (AvgIpc) is 2.56. The van der Waals surface area contributed by atoms with Crippen LogP contribution in [0.1, 0.15) is 19.8 Å². The fraction of sp³-hybridized carbons (Fsp3) is 0.294. The molecule has 6 heteroatoms. The zero-order valence-electron chi connectivity index (χ0n) is 13.6. The van der Waals surface area contributed by atoms with Gasteiger partial charge < -0.3 is 20.1 Å². The van der Waals surface area contributed by atoms with E-state index < -0.39 is 0 Å². The zero-order valence-corrected chi connectivity index (χ0v) is 13.6. The molecule has 6 nitrogen and oxygen atoms in total. The molecule has 0 spiro atoms. The summed E-state index contributed by atoms with van der Waals surface area (Å²) in [4.78, 5) is 15.8. The minimum atomic E-state index is -0.0322. The van der Waals surface area contributed by atoms with E-state index in [1.165, 1.54) is 0 Å². The number of ether oxygens (including phenoxy) is 2. The Balaban J connectivity index is 2.10. The van der Waals surface area contributed by atoms with Crippen LogP contribution in [0.5, 0.6) is 11.5 Å². The van der Waals surface area contributed by atoms with Crippen molar-refractivity contribution in [2.75, 3.05) is 24.9 Å². The summed E-state index contributed by atoms with van der Waals surface area (Å²) in [7, 11) is 3.22. The number of methoxy groups -OCH3 is 2. The third-order valence-electron chi connectivity index (χ3n) is 3.19. The highest BCUT2D eigenvalue weighted by molar-refractivity contribution is 5.89. The molecule has 0 aliphatic carbocycles. The molecular weight excluding hydrogens is 294 g/mol. The van der Waals surface area contributed by atoms with Crippen LogP contribution < -0.4 is 20.1 Å². The Morgan fingerprint density at radius 1 is 1.17 bits per heavy atom. The van der Waals surface area contributed by atoms with Crippen molar-refractivity contribution in [1.29, 1.82) is 0 Å². The Bertz CT molecular complexity index is 657. The van der Waals surface area contributed by atoms with Crippen LogP contribution in [0, 0.1) is 0 Å². The number of carbonyl (C=O) groups is 1. The van der Waals surface area contributed by atoms with E-state index in [4.69, 9.17) is 9.47 Å². The van der Waals surface area contributed by atoms with E-state index in [2.05, 4.69) is 15.6 Å². The molecule has 0 bridgehead atoms. The van der Waals surface area contributed by atoms with Crippen molar-refractivity contribution >= 4 is 23.1 Å². The number of amides is 1. The van der Waals surface area contributed by atoms with Gasteiger partial charge in [0.15, 0.2) is 0 Å². The summed E-state index contributed by atoms with van der Waals surface area (Å²) >= 11 is 0. The lowest BCUT2D eigenvalue weighted by atomic mass is 10.2. The van der Waals surface area contributed by atoms with Gasteiger partial charge in [-0.15, -0.1) is 0 Å². The second-order valence-electron chi connectivity index (χ2n) is 4.92. The lowest BCUT2D eigenvalue weighted by Gasteiger charge is -2.13. The summed E-state index contributed by atoms with van der Waals surface area (Å²) < 4.78 is 10.5. The number of hydrogen-bond acceptors (Lipinski definition) is 5. The van der Waals surface area contributed by atoms with Gasteiger partial charge in [-0.2, -0.15) is 0 Å². The molecule has 2 aromatic rings. The molecule has 122 valence electrons. The van der Waals surface area contributed by atoms with Gasteiger partial charge in [0.25, 0.3) is 0 Å². The molecule has 0 fully saturated rings. The van der Waals surface area contributed by atoms with Crippen molar-refractivity contribution in [1.82, 2.24) is 4.98 Å². The molecule has 0 saturated heterocycles. The predicted octanol–water partition coefficient (Wildman–Crippen LogP) is 3.58. The van der Waals surface area contributed by atoms with Crippen LogP contribution in [-0.2, 0) is 4.79 Å². The van der Waals surface area contributed by atoms with E-state index in [-0.39, 0.29) is 5.91 Å². The second kappa shape index (κ2) is 8.03. The molecule has 1 aromatic heterocycles. The number of nitrogens with zero attached hydrogens (tertiary/aromatic N) is 1. The molecule has 0 atom stereocenters. The molecule has 0 saturated carbocycles. The first kappa shape index (κ1) is 16.6. The van der Waals surface area contributed by atoms with E-state index in [0.717, 1.165) is 23.5 Å². The molecule has 0 radical (unpaired) electrons. The fourth-order valence-electron chi connectivity index (χ4n) is 2.04. The topological polar surface area (TPSA) is 72.5 Å². The van der Waals surface area contributed by atoms with E-state index in [0.29, 0.717) is 18.0 Å². The first-order chi connectivity index (χ1) is 11.2. The highest BCUT2D eigenvalue weighted by atomic mass is 16.5. The van der Waals surface area contributed by atoms with Crippen LogP contribution in [-0.4, -0.2) is 25.1 Å². The number of anilines is 3. The number of rotatable bonds is 7. The van der Waals surface area contributed by atoms with Gasteiger partial charge in [-0.3, -0.25) is 4.79 Å². The monoisotopic (exact) mass is 315 g/mol. The predicted molar refractivity (Wildman–Crippen MR) is 90.6 cm³/mol. The van der Waals surface area contributed by atoms with Gasteiger partial charge >= 0.3 is 0 Å². The van der Waals surface area contributed by atoms with E-state index in [1.54, 1.807) is 26.5 Å². The fourth-order valence-corrected chi connectivity index (χ4v) is 2.04. The average molecular weight is 315 g/mol. The van der Waals surface area contributed by atoms with Gasteiger partial charge in [-0.1, -0.05) is 6.92 Å². The van der Waals surface area contributed by atoms with Crippen molar-refractivity contribution in [3.63, 3.8) is 0 Å². The van der Waals surface area contributed by atoms with E-state index >= 15 is 0 Å². The third-order valence-corrected chi connectivity index (χ3v) is 3.19. The van der Waals surface area contributed by atoms with Crippen molar-refractivity contribution in [2.45, 2.75) is 19.8 Å². The lowest BCUT2D eigenvalue weighted by Crippen LogP contribution is -2.11. The third kappa shape index (κ3) is 4.60. The van der Waals surface area contributed by atoms with Gasteiger partial charge in [0.2, 0.25) is 5.91 Å². The normalized spacial score (nSPS) is 10.0. The van der Waals surface area contributed by atoms with Crippen LogP contribution in [0.15, 0.2) is 36.5 Å². The summed E-state index contributed by atoms with van der Waals surface area (Å²) in [6.45, 7) is 1.96. The standard InChI is InChI=1S/C17H21N3O3/c1-4-5-17(21)20-16-9-6-12(11-18-16)19-14-10-13(22-2)7-8-15(14)23-3/h6-11,19H,4-5H2,1-3H3,(H,18,20,21). The van der Waals surface area contributed by atoms with Crippen LogP contribution >= 0.6 is 0 Å². The number of benzene rings is 1. The second-order valence-corrected chi connectivity index (χ2v) is 4.92. The summed E-state index contributed by atoms with van der Waals surface area (Å²) in [6.07, 6.45) is 2.95. The van der Waals surface area contributed by atoms with Crippen LogP contribution in [0.25, 0.3) is 0 Å². The highest BCUT2D eigenvalue weighted by Gasteiger charge is 2.06. The van der Waals surface area contributed by atoms with Crippen LogP contribution in [0.2, 0.25) is 0 Å². The Labute approximate surface area is 135 Å². The number of hydrogen-bond donors (Lipinski definition) is 2. The molecule has 2 N–H and O–H groups in total. The number of nitrogens with one attached hydrogen (secondary N) is 2. The maximum absolute atomic E-state index is 11.5. The van der Waals surface area contributed by atoms with Crippen LogP contribution in [0.4, 0.5) is 17.2 Å². The Morgan fingerprint density at radius 2 is 2.00 bits per heavy atom. The molecule has 0 unspecified atom stereocenters. The Hall–Kier alpha value is -2.76. The Kier molecular flexibility index (Phi) is 5.80. The zero-order chi connectivity index (χ0) is 16.7. The van der Waals surface area contributed by atoms with Crippen molar-refractivity contribution in [2.24, 2.45) is 0 Å². The smallest absolute Gasteiger partial charge is 0.225 e. The van der Waals surface area contributed by atoms with Crippen molar-refractivity contribution in [3.05, 3.63) is 36.5 Å². The van der Waals surface area contributed by atoms with Gasteiger partial charge in [-0.25, -0.2) is 4.98 Å². The minimum absolute atomic E-state index is 0.0322. The first-order valence-electron chi connectivity index (χ1n) is 7.41. The summed E-state index contributed by atoms with van der Waals surface area (Å²) in [6, 6.07) is 9.09. The van der Waals surface area contributed by atoms with E-state index in [9.17, 15) is 4.79 Å². The van der Waals surface area contributed by atoms with E-state index in [1.807, 2.05) is 31.2 Å². The SMILES string of the molecule is CCCC(=O)Nc1ccc(Nc2cc(OC)ccc2OC)cn1. The van der Waals surface area contributed by atoms with Gasteiger partial charge in [0, 0.05) is 12.5 Å². The highest BCUT2D eigenvalue weighted by Crippen LogP contribution is 2.31. The Morgan fingerprint density at radius 3 is 2.61 bits per heavy atom. The molecule has 0 aliphatic rings. The molecule has 2 rings (SSSR count). The van der Waals surface area contributed by atoms with Gasteiger partial charge in [0.1, 0.15) is 17.3 Å². The maximum Gasteiger partial charge on any atom is 0.225 e. The minimum Gasteiger partial charge on any atom is -0.497 e. The molecule has 1 aromatic carbocycles.